The van der Waals surface area contributed by atoms with Gasteiger partial charge in [0.15, 0.2) is 11.5 Å². The van der Waals surface area contributed by atoms with E-state index in [-0.39, 0.29) is 23.6 Å². The Hall–Kier alpha value is -4.26. The predicted molar refractivity (Wildman–Crippen MR) is 125 cm³/mol. The molecule has 5 rings (SSSR count). The van der Waals surface area contributed by atoms with Crippen LogP contribution in [-0.4, -0.2) is 46.6 Å². The number of likely N-dealkylation sites (tertiary alicyclic amines) is 1. The topological polar surface area (TPSA) is 96.3 Å². The molecule has 34 heavy (non-hydrogen) atoms. The van der Waals surface area contributed by atoms with Gasteiger partial charge in [0.1, 0.15) is 24.7 Å². The van der Waals surface area contributed by atoms with Crippen molar-refractivity contribution in [3.05, 3.63) is 95.1 Å². The van der Waals surface area contributed by atoms with Crippen molar-refractivity contribution < 1.29 is 29.3 Å². The van der Waals surface area contributed by atoms with Crippen LogP contribution in [0, 0.1) is 0 Å². The number of ether oxygens (including phenoxy) is 2. The maximum Gasteiger partial charge on any atom is 0.295 e. The largest absolute Gasteiger partial charge is 0.508 e. The molecule has 172 valence electrons. The highest BCUT2D eigenvalue weighted by molar-refractivity contribution is 6.46. The maximum atomic E-state index is 13.2. The average Bonchev–Trinajstić information content (AvgIpc) is 3.12. The van der Waals surface area contributed by atoms with Gasteiger partial charge in [-0.1, -0.05) is 42.5 Å². The molecular weight excluding hydrogens is 434 g/mol. The van der Waals surface area contributed by atoms with Crippen LogP contribution in [-0.2, 0) is 16.0 Å². The third-order valence-corrected chi connectivity index (χ3v) is 6.03. The van der Waals surface area contributed by atoms with Gasteiger partial charge in [-0.2, -0.15) is 0 Å². The van der Waals surface area contributed by atoms with Gasteiger partial charge in [-0.05, 0) is 47.9 Å². The molecule has 7 nitrogen and oxygen atoms in total. The molecular formula is C27H23NO6. The number of Topliss-reactive ketones (excluding diaryl/α,β-unsaturated/α-hetero) is 1. The van der Waals surface area contributed by atoms with Gasteiger partial charge in [0.25, 0.3) is 11.7 Å². The number of aromatic hydroxyl groups is 1. The molecule has 0 aromatic heterocycles. The minimum atomic E-state index is -0.844. The first-order chi connectivity index (χ1) is 16.5. The number of carbonyl (C=O) groups is 2. The summed E-state index contributed by atoms with van der Waals surface area (Å²) in [6.45, 7) is 1.08. The Morgan fingerprint density at radius 1 is 0.912 bits per heavy atom. The fraction of sp³-hybridized carbons (Fsp3) is 0.185. The quantitative estimate of drug-likeness (QED) is 0.344. The SMILES string of the molecule is O=C1C(=O)N(CCc2ccccc2)[C@@H](c2cccc(O)c2)C1=C(O)c1ccc2c(c1)OCCO2. The smallest absolute Gasteiger partial charge is 0.295 e. The highest BCUT2D eigenvalue weighted by Crippen LogP contribution is 2.41. The molecule has 0 spiro atoms. The van der Waals surface area contributed by atoms with Gasteiger partial charge < -0.3 is 24.6 Å². The van der Waals surface area contributed by atoms with Crippen molar-refractivity contribution in [3.8, 4) is 17.2 Å². The molecule has 3 aromatic rings. The van der Waals surface area contributed by atoms with Crippen molar-refractivity contribution in [2.75, 3.05) is 19.8 Å². The molecule has 3 aromatic carbocycles. The Morgan fingerprint density at radius 2 is 1.68 bits per heavy atom. The van der Waals surface area contributed by atoms with Gasteiger partial charge in [0, 0.05) is 12.1 Å². The summed E-state index contributed by atoms with van der Waals surface area (Å²) in [5, 5.41) is 21.3. The zero-order valence-corrected chi connectivity index (χ0v) is 18.3. The number of phenols is 1. The summed E-state index contributed by atoms with van der Waals surface area (Å²) < 4.78 is 11.1. The first-order valence-electron chi connectivity index (χ1n) is 11.0. The van der Waals surface area contributed by atoms with E-state index in [0.717, 1.165) is 5.56 Å². The molecule has 2 heterocycles. The number of phenolic OH excluding ortho intramolecular Hbond substituents is 1. The summed E-state index contributed by atoms with van der Waals surface area (Å²) in [5.41, 5.74) is 1.87. The van der Waals surface area contributed by atoms with Crippen molar-refractivity contribution in [3.63, 3.8) is 0 Å². The Morgan fingerprint density at radius 3 is 2.44 bits per heavy atom. The molecule has 0 unspecified atom stereocenters. The summed E-state index contributed by atoms with van der Waals surface area (Å²) >= 11 is 0. The monoisotopic (exact) mass is 457 g/mol. The number of rotatable bonds is 5. The maximum absolute atomic E-state index is 13.2. The van der Waals surface area contributed by atoms with Crippen LogP contribution in [0.3, 0.4) is 0 Å². The lowest BCUT2D eigenvalue weighted by atomic mass is 9.95. The van der Waals surface area contributed by atoms with E-state index >= 15 is 0 Å². The number of ketones is 1. The fourth-order valence-electron chi connectivity index (χ4n) is 4.39. The Bertz CT molecular complexity index is 1280. The van der Waals surface area contributed by atoms with Gasteiger partial charge in [-0.25, -0.2) is 0 Å². The lowest BCUT2D eigenvalue weighted by Crippen LogP contribution is -2.31. The van der Waals surface area contributed by atoms with E-state index in [1.54, 1.807) is 30.3 Å². The van der Waals surface area contributed by atoms with Crippen LogP contribution >= 0.6 is 0 Å². The number of hydrogen-bond donors (Lipinski definition) is 2. The number of aliphatic hydroxyl groups excluding tert-OH is 1. The Balaban J connectivity index is 1.58. The van der Waals surface area contributed by atoms with Crippen LogP contribution in [0.2, 0.25) is 0 Å². The second kappa shape index (κ2) is 8.94. The van der Waals surface area contributed by atoms with E-state index in [4.69, 9.17) is 9.47 Å². The summed E-state index contributed by atoms with van der Waals surface area (Å²) in [4.78, 5) is 27.7. The van der Waals surface area contributed by atoms with E-state index in [1.807, 2.05) is 30.3 Å². The van der Waals surface area contributed by atoms with Crippen molar-refractivity contribution in [1.82, 2.24) is 4.90 Å². The second-order valence-electron chi connectivity index (χ2n) is 8.18. The molecule has 2 aliphatic rings. The van der Waals surface area contributed by atoms with Crippen LogP contribution in [0.5, 0.6) is 17.2 Å². The number of hydrogen-bond acceptors (Lipinski definition) is 6. The van der Waals surface area contributed by atoms with Gasteiger partial charge in [-0.3, -0.25) is 9.59 Å². The van der Waals surface area contributed by atoms with Gasteiger partial charge in [0.05, 0.1) is 11.6 Å². The second-order valence-corrected chi connectivity index (χ2v) is 8.18. The minimum Gasteiger partial charge on any atom is -0.508 e. The van der Waals surface area contributed by atoms with E-state index in [9.17, 15) is 19.8 Å². The lowest BCUT2D eigenvalue weighted by Gasteiger charge is -2.25. The predicted octanol–water partition coefficient (Wildman–Crippen LogP) is 3.83. The molecule has 0 radical (unpaired) electrons. The van der Waals surface area contributed by atoms with E-state index in [2.05, 4.69) is 0 Å². The van der Waals surface area contributed by atoms with Crippen molar-refractivity contribution >= 4 is 17.4 Å². The van der Waals surface area contributed by atoms with Crippen LogP contribution in [0.15, 0.2) is 78.4 Å². The minimum absolute atomic E-state index is 0.00507. The Kier molecular flexibility index (Phi) is 5.67. The summed E-state index contributed by atoms with van der Waals surface area (Å²) in [5.74, 6) is -0.744. The number of carbonyl (C=O) groups excluding carboxylic acids is 2. The third-order valence-electron chi connectivity index (χ3n) is 6.03. The molecule has 2 aliphatic heterocycles. The fourth-order valence-corrected chi connectivity index (χ4v) is 4.39. The van der Waals surface area contributed by atoms with E-state index < -0.39 is 17.7 Å². The highest BCUT2D eigenvalue weighted by atomic mass is 16.6. The van der Waals surface area contributed by atoms with Crippen LogP contribution < -0.4 is 9.47 Å². The average molecular weight is 457 g/mol. The molecule has 1 saturated heterocycles. The van der Waals surface area contributed by atoms with Crippen molar-refractivity contribution in [2.45, 2.75) is 12.5 Å². The number of aliphatic hydroxyl groups is 1. The molecule has 2 N–H and O–H groups in total. The number of fused-ring (bicyclic) bond motifs is 1. The highest BCUT2D eigenvalue weighted by Gasteiger charge is 2.46. The number of amides is 1. The summed E-state index contributed by atoms with van der Waals surface area (Å²) in [6, 6.07) is 20.1. The third kappa shape index (κ3) is 3.96. The molecule has 0 aliphatic carbocycles. The molecule has 0 bridgehead atoms. The first-order valence-corrected chi connectivity index (χ1v) is 11.0. The van der Waals surface area contributed by atoms with Crippen molar-refractivity contribution in [2.24, 2.45) is 0 Å². The normalized spacial score (nSPS) is 18.8. The first kappa shape index (κ1) is 21.6. The standard InChI is InChI=1S/C27H23NO6/c29-20-8-4-7-18(15-20)24-23(25(30)19-9-10-21-22(16-19)34-14-13-33-21)26(31)27(32)28(24)12-11-17-5-2-1-3-6-17/h1-10,15-16,24,29-30H,11-14H2/t24-/m0/s1. The number of nitrogens with zero attached hydrogens (tertiary/aromatic N) is 1. The Labute approximate surface area is 196 Å². The zero-order chi connectivity index (χ0) is 23.7. The van der Waals surface area contributed by atoms with Gasteiger partial charge >= 0.3 is 0 Å². The lowest BCUT2D eigenvalue weighted by molar-refractivity contribution is -0.139. The molecule has 1 atom stereocenters. The summed E-state index contributed by atoms with van der Waals surface area (Å²) in [6.07, 6.45) is 0.535. The molecule has 0 saturated carbocycles. The molecule has 1 amide bonds. The van der Waals surface area contributed by atoms with Crippen molar-refractivity contribution in [1.29, 1.82) is 0 Å². The molecule has 1 fully saturated rings. The summed E-state index contributed by atoms with van der Waals surface area (Å²) in [7, 11) is 0. The van der Waals surface area contributed by atoms with Crippen LogP contribution in [0.1, 0.15) is 22.7 Å². The van der Waals surface area contributed by atoms with Crippen LogP contribution in [0.4, 0.5) is 0 Å². The zero-order valence-electron chi connectivity index (χ0n) is 18.3. The van der Waals surface area contributed by atoms with Gasteiger partial charge in [0.2, 0.25) is 0 Å². The van der Waals surface area contributed by atoms with Gasteiger partial charge in [-0.15, -0.1) is 0 Å². The number of benzene rings is 3. The molecule has 7 heteroatoms. The van der Waals surface area contributed by atoms with Crippen LogP contribution in [0.25, 0.3) is 5.76 Å². The van der Waals surface area contributed by atoms with E-state index in [1.165, 1.54) is 17.0 Å². The van der Waals surface area contributed by atoms with E-state index in [0.29, 0.717) is 42.3 Å².